The monoisotopic (exact) mass is 382 g/mol. The molecule has 5 nitrogen and oxygen atoms in total. The summed E-state index contributed by atoms with van der Waals surface area (Å²) in [6.45, 7) is 1.20. The zero-order valence-electron chi connectivity index (χ0n) is 11.8. The topological polar surface area (TPSA) is 59.5 Å². The van der Waals surface area contributed by atoms with Gasteiger partial charge in [-0.15, -0.1) is 0 Å². The van der Waals surface area contributed by atoms with Crippen LogP contribution in [0.1, 0.15) is 12.8 Å². The molecule has 0 amide bonds. The van der Waals surface area contributed by atoms with Gasteiger partial charge in [-0.3, -0.25) is 4.98 Å². The van der Waals surface area contributed by atoms with Crippen LogP contribution in [0, 0.1) is 0 Å². The molecule has 1 aromatic carbocycles. The summed E-state index contributed by atoms with van der Waals surface area (Å²) < 4.78 is 32.8. The van der Waals surface area contributed by atoms with Crippen LogP contribution in [0.15, 0.2) is 52.1 Å². The number of halogens is 1. The normalized spacial score (nSPS) is 15.9. The number of sulfonamides is 1. The van der Waals surface area contributed by atoms with E-state index in [9.17, 15) is 8.42 Å². The largest absolute Gasteiger partial charge is 0.456 e. The number of pyridine rings is 1. The molecule has 0 N–H and O–H groups in total. The molecule has 0 spiro atoms. The van der Waals surface area contributed by atoms with Crippen molar-refractivity contribution < 1.29 is 13.2 Å². The first-order valence-electron chi connectivity index (χ1n) is 6.94. The minimum Gasteiger partial charge on any atom is -0.456 e. The maximum atomic E-state index is 12.4. The zero-order valence-corrected chi connectivity index (χ0v) is 14.2. The van der Waals surface area contributed by atoms with Gasteiger partial charge >= 0.3 is 0 Å². The number of nitrogens with zero attached hydrogens (tertiary/aromatic N) is 2. The van der Waals surface area contributed by atoms with E-state index >= 15 is 0 Å². The summed E-state index contributed by atoms with van der Waals surface area (Å²) in [5.74, 6) is 1.16. The molecule has 0 unspecified atom stereocenters. The van der Waals surface area contributed by atoms with Gasteiger partial charge in [-0.2, -0.15) is 4.31 Å². The summed E-state index contributed by atoms with van der Waals surface area (Å²) in [5, 5.41) is 0. The van der Waals surface area contributed by atoms with Gasteiger partial charge in [-0.25, -0.2) is 8.42 Å². The van der Waals surface area contributed by atoms with Gasteiger partial charge in [0.15, 0.2) is 0 Å². The minimum atomic E-state index is -3.38. The first kappa shape index (κ1) is 15.5. The highest BCUT2D eigenvalue weighted by molar-refractivity contribution is 9.10. The van der Waals surface area contributed by atoms with Gasteiger partial charge in [0, 0.05) is 23.8 Å². The number of rotatable bonds is 4. The van der Waals surface area contributed by atoms with Crippen LogP contribution in [-0.2, 0) is 10.0 Å². The number of benzene rings is 1. The van der Waals surface area contributed by atoms with Crippen molar-refractivity contribution in [3.05, 3.63) is 47.2 Å². The SMILES string of the molecule is O=S(=O)(c1ccc(Oc2cncc(Br)c2)cc1)N1CCCC1. The van der Waals surface area contributed by atoms with Crippen LogP contribution in [0.5, 0.6) is 11.5 Å². The summed E-state index contributed by atoms with van der Waals surface area (Å²) in [7, 11) is -3.38. The molecule has 1 aromatic heterocycles. The van der Waals surface area contributed by atoms with Crippen LogP contribution in [0.2, 0.25) is 0 Å². The Balaban J connectivity index is 1.78. The van der Waals surface area contributed by atoms with Crippen molar-refractivity contribution in [1.29, 1.82) is 0 Å². The molecule has 2 aromatic rings. The van der Waals surface area contributed by atoms with E-state index in [1.165, 1.54) is 4.31 Å². The van der Waals surface area contributed by atoms with Crippen molar-refractivity contribution in [3.63, 3.8) is 0 Å². The molecule has 2 heterocycles. The smallest absolute Gasteiger partial charge is 0.243 e. The predicted molar refractivity (Wildman–Crippen MR) is 86.4 cm³/mol. The highest BCUT2D eigenvalue weighted by Gasteiger charge is 2.26. The van der Waals surface area contributed by atoms with Crippen molar-refractivity contribution in [2.24, 2.45) is 0 Å². The molecule has 3 rings (SSSR count). The molecule has 1 aliphatic rings. The summed E-state index contributed by atoms with van der Waals surface area (Å²) >= 11 is 3.32. The summed E-state index contributed by atoms with van der Waals surface area (Å²) in [5.41, 5.74) is 0. The Hall–Kier alpha value is -1.44. The van der Waals surface area contributed by atoms with Crippen molar-refractivity contribution in [2.75, 3.05) is 13.1 Å². The van der Waals surface area contributed by atoms with Crippen molar-refractivity contribution in [1.82, 2.24) is 9.29 Å². The molecule has 1 saturated heterocycles. The number of ether oxygens (including phenoxy) is 1. The van der Waals surface area contributed by atoms with E-state index in [0.717, 1.165) is 17.3 Å². The van der Waals surface area contributed by atoms with Gasteiger partial charge in [0.05, 0.1) is 11.1 Å². The molecule has 116 valence electrons. The lowest BCUT2D eigenvalue weighted by Crippen LogP contribution is -2.27. The van der Waals surface area contributed by atoms with Gasteiger partial charge in [-0.1, -0.05) is 0 Å². The van der Waals surface area contributed by atoms with E-state index in [4.69, 9.17) is 4.74 Å². The quantitative estimate of drug-likeness (QED) is 0.812. The average molecular weight is 383 g/mol. The molecule has 0 saturated carbocycles. The number of aromatic nitrogens is 1. The first-order chi connectivity index (χ1) is 10.6. The maximum Gasteiger partial charge on any atom is 0.243 e. The van der Waals surface area contributed by atoms with E-state index in [0.29, 0.717) is 29.5 Å². The molecule has 0 aliphatic carbocycles. The van der Waals surface area contributed by atoms with Gasteiger partial charge in [-0.05, 0) is 59.1 Å². The lowest BCUT2D eigenvalue weighted by molar-refractivity contribution is 0.474. The van der Waals surface area contributed by atoms with Crippen molar-refractivity contribution >= 4 is 26.0 Å². The van der Waals surface area contributed by atoms with Crippen LogP contribution in [-0.4, -0.2) is 30.8 Å². The van der Waals surface area contributed by atoms with Crippen LogP contribution in [0.4, 0.5) is 0 Å². The fourth-order valence-electron chi connectivity index (χ4n) is 2.34. The first-order valence-corrected chi connectivity index (χ1v) is 9.18. The molecular weight excluding hydrogens is 368 g/mol. The Morgan fingerprint density at radius 1 is 1.05 bits per heavy atom. The minimum absolute atomic E-state index is 0.300. The van der Waals surface area contributed by atoms with Gasteiger partial charge < -0.3 is 4.74 Å². The van der Waals surface area contributed by atoms with Gasteiger partial charge in [0.1, 0.15) is 11.5 Å². The molecule has 22 heavy (non-hydrogen) atoms. The van der Waals surface area contributed by atoms with E-state index in [-0.39, 0.29) is 0 Å². The van der Waals surface area contributed by atoms with E-state index in [1.54, 1.807) is 42.7 Å². The highest BCUT2D eigenvalue weighted by atomic mass is 79.9. The second-order valence-corrected chi connectivity index (χ2v) is 7.88. The second kappa shape index (κ2) is 6.36. The third kappa shape index (κ3) is 3.31. The molecule has 7 heteroatoms. The number of hydrogen-bond acceptors (Lipinski definition) is 4. The number of hydrogen-bond donors (Lipinski definition) is 0. The molecule has 1 fully saturated rings. The van der Waals surface area contributed by atoms with Crippen LogP contribution in [0.3, 0.4) is 0 Å². The van der Waals surface area contributed by atoms with Crippen molar-refractivity contribution in [3.8, 4) is 11.5 Å². The predicted octanol–water partition coefficient (Wildman–Crippen LogP) is 3.42. The molecule has 0 radical (unpaired) electrons. The Labute approximate surface area is 138 Å². The lowest BCUT2D eigenvalue weighted by Gasteiger charge is -2.15. The Bertz CT molecular complexity index is 757. The maximum absolute atomic E-state index is 12.4. The molecule has 0 atom stereocenters. The lowest BCUT2D eigenvalue weighted by atomic mass is 10.3. The highest BCUT2D eigenvalue weighted by Crippen LogP contribution is 2.26. The molecule has 1 aliphatic heterocycles. The average Bonchev–Trinajstić information content (AvgIpc) is 3.03. The fraction of sp³-hybridized carbons (Fsp3) is 0.267. The summed E-state index contributed by atoms with van der Waals surface area (Å²) in [6.07, 6.45) is 5.12. The summed E-state index contributed by atoms with van der Waals surface area (Å²) in [6, 6.07) is 8.26. The second-order valence-electron chi connectivity index (χ2n) is 5.02. The fourth-order valence-corrected chi connectivity index (χ4v) is 4.20. The van der Waals surface area contributed by atoms with E-state index in [1.807, 2.05) is 0 Å². The Morgan fingerprint density at radius 3 is 2.36 bits per heavy atom. The van der Waals surface area contributed by atoms with Crippen LogP contribution >= 0.6 is 15.9 Å². The van der Waals surface area contributed by atoms with E-state index in [2.05, 4.69) is 20.9 Å². The van der Waals surface area contributed by atoms with Gasteiger partial charge in [0.25, 0.3) is 0 Å². The van der Waals surface area contributed by atoms with Crippen LogP contribution in [0.25, 0.3) is 0 Å². The third-order valence-corrected chi connectivity index (χ3v) is 5.79. The Morgan fingerprint density at radius 2 is 1.73 bits per heavy atom. The molecular formula is C15H15BrN2O3S. The van der Waals surface area contributed by atoms with Crippen molar-refractivity contribution in [2.45, 2.75) is 17.7 Å². The van der Waals surface area contributed by atoms with E-state index < -0.39 is 10.0 Å². The zero-order chi connectivity index (χ0) is 15.6. The summed E-state index contributed by atoms with van der Waals surface area (Å²) in [4.78, 5) is 4.32. The van der Waals surface area contributed by atoms with Gasteiger partial charge in [0.2, 0.25) is 10.0 Å². The third-order valence-electron chi connectivity index (χ3n) is 3.44. The standard InChI is InChI=1S/C15H15BrN2O3S/c16-12-9-14(11-17-10-12)21-13-3-5-15(6-4-13)22(19,20)18-7-1-2-8-18/h3-6,9-11H,1-2,7-8H2. The Kier molecular flexibility index (Phi) is 4.46. The molecule has 0 bridgehead atoms. The van der Waals surface area contributed by atoms with Crippen LogP contribution < -0.4 is 4.74 Å².